The summed E-state index contributed by atoms with van der Waals surface area (Å²) >= 11 is 0. The van der Waals surface area contributed by atoms with Crippen LogP contribution in [0.25, 0.3) is 0 Å². The van der Waals surface area contributed by atoms with Gasteiger partial charge in [0.15, 0.2) is 9.84 Å². The molecule has 7 heteroatoms. The summed E-state index contributed by atoms with van der Waals surface area (Å²) in [5, 5.41) is 0. The van der Waals surface area contributed by atoms with Crippen LogP contribution in [0.3, 0.4) is 0 Å². The van der Waals surface area contributed by atoms with Gasteiger partial charge in [0.2, 0.25) is 5.91 Å². The van der Waals surface area contributed by atoms with Crippen molar-refractivity contribution in [3.05, 3.63) is 24.0 Å². The maximum absolute atomic E-state index is 13.9. The zero-order valence-electron chi connectivity index (χ0n) is 17.6. The lowest BCUT2D eigenvalue weighted by Crippen LogP contribution is -2.39. The van der Waals surface area contributed by atoms with Gasteiger partial charge in [-0.1, -0.05) is 13.8 Å². The third-order valence-electron chi connectivity index (χ3n) is 6.12. The van der Waals surface area contributed by atoms with Gasteiger partial charge in [-0.3, -0.25) is 4.79 Å². The summed E-state index contributed by atoms with van der Waals surface area (Å²) in [6.07, 6.45) is 5.93. The average molecular weight is 426 g/mol. The number of benzene rings is 1. The molecule has 0 aromatic heterocycles. The largest absolute Gasteiger partial charge is 0.493 e. The predicted octanol–water partition coefficient (Wildman–Crippen LogP) is 3.92. The van der Waals surface area contributed by atoms with E-state index in [-0.39, 0.29) is 10.8 Å². The van der Waals surface area contributed by atoms with Crippen LogP contribution in [-0.4, -0.2) is 45.2 Å². The molecule has 1 aromatic rings. The van der Waals surface area contributed by atoms with Crippen molar-refractivity contribution in [3.63, 3.8) is 0 Å². The molecular formula is C22H32FNO4S. The molecule has 0 radical (unpaired) electrons. The molecule has 1 aliphatic heterocycles. The SMILES string of the molecule is CC(C)CC(=O)N1CCC([C@H]2C[C@H]2CCOc2ccc(S(C)(=O)=O)c(F)c2)CC1. The molecule has 0 N–H and O–H groups in total. The van der Waals surface area contributed by atoms with Gasteiger partial charge in [0.05, 0.1) is 6.61 Å². The minimum Gasteiger partial charge on any atom is -0.493 e. The highest BCUT2D eigenvalue weighted by Gasteiger charge is 2.43. The minimum absolute atomic E-state index is 0.285. The summed E-state index contributed by atoms with van der Waals surface area (Å²) in [5.74, 6) is 2.33. The van der Waals surface area contributed by atoms with Crippen LogP contribution in [-0.2, 0) is 14.6 Å². The average Bonchev–Trinajstić information content (AvgIpc) is 3.40. The molecule has 162 valence electrons. The van der Waals surface area contributed by atoms with E-state index < -0.39 is 15.7 Å². The summed E-state index contributed by atoms with van der Waals surface area (Å²) in [6, 6.07) is 3.91. The van der Waals surface area contributed by atoms with E-state index in [0.29, 0.717) is 42.4 Å². The van der Waals surface area contributed by atoms with Crippen LogP contribution >= 0.6 is 0 Å². The van der Waals surface area contributed by atoms with Crippen LogP contribution < -0.4 is 4.74 Å². The van der Waals surface area contributed by atoms with Crippen molar-refractivity contribution in [2.75, 3.05) is 26.0 Å². The molecular weight excluding hydrogens is 393 g/mol. The standard InChI is InChI=1S/C22H32FNO4S/c1-15(2)12-22(25)24-9-6-16(7-10-24)19-13-17(19)8-11-28-18-4-5-21(20(23)14-18)29(3,26)27/h4-5,14-17,19H,6-13H2,1-3H3/t17-,19-/m1/s1. The van der Waals surface area contributed by atoms with Crippen LogP contribution in [0.2, 0.25) is 0 Å². The number of carbonyl (C=O) groups excluding carboxylic acids is 1. The molecule has 1 saturated carbocycles. The molecule has 1 saturated heterocycles. The molecule has 1 amide bonds. The predicted molar refractivity (Wildman–Crippen MR) is 110 cm³/mol. The first-order chi connectivity index (χ1) is 13.6. The summed E-state index contributed by atoms with van der Waals surface area (Å²) in [7, 11) is -3.56. The van der Waals surface area contributed by atoms with Crippen molar-refractivity contribution in [1.82, 2.24) is 4.90 Å². The number of rotatable bonds is 8. The third kappa shape index (κ3) is 5.93. The number of carbonyl (C=O) groups is 1. The lowest BCUT2D eigenvalue weighted by Gasteiger charge is -2.33. The van der Waals surface area contributed by atoms with E-state index in [1.165, 1.54) is 18.6 Å². The second kappa shape index (κ2) is 9.02. The van der Waals surface area contributed by atoms with Crippen molar-refractivity contribution in [2.24, 2.45) is 23.7 Å². The van der Waals surface area contributed by atoms with Gasteiger partial charge in [-0.2, -0.15) is 0 Å². The van der Waals surface area contributed by atoms with Crippen LogP contribution in [0.4, 0.5) is 4.39 Å². The number of nitrogens with zero attached hydrogens (tertiary/aromatic N) is 1. The van der Waals surface area contributed by atoms with Gasteiger partial charge in [-0.05, 0) is 61.5 Å². The lowest BCUT2D eigenvalue weighted by molar-refractivity contribution is -0.133. The van der Waals surface area contributed by atoms with Crippen molar-refractivity contribution < 1.29 is 22.3 Å². The molecule has 1 aromatic carbocycles. The number of likely N-dealkylation sites (tertiary alicyclic amines) is 1. The van der Waals surface area contributed by atoms with E-state index in [9.17, 15) is 17.6 Å². The Morgan fingerprint density at radius 1 is 1.28 bits per heavy atom. The fourth-order valence-electron chi connectivity index (χ4n) is 4.44. The van der Waals surface area contributed by atoms with E-state index in [1.54, 1.807) is 0 Å². The highest BCUT2D eigenvalue weighted by Crippen LogP contribution is 2.49. The van der Waals surface area contributed by atoms with E-state index in [4.69, 9.17) is 4.74 Å². The van der Waals surface area contributed by atoms with Crippen LogP contribution in [0.15, 0.2) is 23.1 Å². The number of ether oxygens (including phenoxy) is 1. The molecule has 0 spiro atoms. The molecule has 2 fully saturated rings. The summed E-state index contributed by atoms with van der Waals surface area (Å²) < 4.78 is 42.5. The normalized spacial score (nSPS) is 22.7. The monoisotopic (exact) mass is 425 g/mol. The Labute approximate surface area is 173 Å². The first-order valence-electron chi connectivity index (χ1n) is 10.6. The number of sulfone groups is 1. The van der Waals surface area contributed by atoms with Gasteiger partial charge in [-0.25, -0.2) is 12.8 Å². The summed E-state index contributed by atoms with van der Waals surface area (Å²) in [5.41, 5.74) is 0. The highest BCUT2D eigenvalue weighted by atomic mass is 32.2. The Kier molecular flexibility index (Phi) is 6.87. The maximum Gasteiger partial charge on any atom is 0.222 e. The van der Waals surface area contributed by atoms with Crippen LogP contribution in [0.1, 0.15) is 46.0 Å². The maximum atomic E-state index is 13.9. The molecule has 2 aliphatic rings. The first-order valence-corrected chi connectivity index (χ1v) is 12.4. The van der Waals surface area contributed by atoms with Gasteiger partial charge in [0.1, 0.15) is 16.5 Å². The van der Waals surface area contributed by atoms with Crippen molar-refractivity contribution >= 4 is 15.7 Å². The van der Waals surface area contributed by atoms with E-state index in [0.717, 1.165) is 44.7 Å². The zero-order chi connectivity index (χ0) is 21.2. The van der Waals surface area contributed by atoms with Crippen molar-refractivity contribution in [2.45, 2.75) is 50.8 Å². The number of hydrogen-bond donors (Lipinski definition) is 0. The molecule has 2 atom stereocenters. The van der Waals surface area contributed by atoms with Crippen molar-refractivity contribution in [3.8, 4) is 5.75 Å². The first kappa shape index (κ1) is 22.1. The third-order valence-corrected chi connectivity index (χ3v) is 7.25. The molecule has 0 bridgehead atoms. The number of halogens is 1. The second-order valence-electron chi connectivity index (χ2n) is 8.98. The molecule has 0 unspecified atom stereocenters. The fourth-order valence-corrected chi connectivity index (χ4v) is 5.16. The molecule has 1 heterocycles. The topological polar surface area (TPSA) is 63.7 Å². The number of amides is 1. The number of piperidine rings is 1. The lowest BCUT2D eigenvalue weighted by atomic mass is 9.90. The Morgan fingerprint density at radius 2 is 1.97 bits per heavy atom. The minimum atomic E-state index is -3.56. The zero-order valence-corrected chi connectivity index (χ0v) is 18.4. The van der Waals surface area contributed by atoms with Gasteiger partial charge in [0.25, 0.3) is 0 Å². The Hall–Kier alpha value is -1.63. The van der Waals surface area contributed by atoms with Gasteiger partial charge in [-0.15, -0.1) is 0 Å². The van der Waals surface area contributed by atoms with E-state index >= 15 is 0 Å². The van der Waals surface area contributed by atoms with Gasteiger partial charge < -0.3 is 9.64 Å². The Balaban J connectivity index is 1.38. The fraction of sp³-hybridized carbons (Fsp3) is 0.682. The highest BCUT2D eigenvalue weighted by molar-refractivity contribution is 7.90. The summed E-state index contributed by atoms with van der Waals surface area (Å²) in [4.78, 5) is 13.9. The van der Waals surface area contributed by atoms with Crippen LogP contribution in [0, 0.1) is 29.5 Å². The van der Waals surface area contributed by atoms with Gasteiger partial charge in [0, 0.05) is 31.8 Å². The Bertz CT molecular complexity index is 831. The quantitative estimate of drug-likeness (QED) is 0.633. The van der Waals surface area contributed by atoms with Crippen molar-refractivity contribution in [1.29, 1.82) is 0 Å². The van der Waals surface area contributed by atoms with Crippen LogP contribution in [0.5, 0.6) is 5.75 Å². The molecule has 5 nitrogen and oxygen atoms in total. The smallest absolute Gasteiger partial charge is 0.222 e. The summed E-state index contributed by atoms with van der Waals surface area (Å²) in [6.45, 7) is 6.42. The molecule has 1 aliphatic carbocycles. The van der Waals surface area contributed by atoms with E-state index in [1.807, 2.05) is 4.90 Å². The second-order valence-corrected chi connectivity index (χ2v) is 11.0. The molecule has 3 rings (SSSR count). The van der Waals surface area contributed by atoms with E-state index in [2.05, 4.69) is 13.8 Å². The number of hydrogen-bond acceptors (Lipinski definition) is 4. The Morgan fingerprint density at radius 3 is 2.55 bits per heavy atom. The van der Waals surface area contributed by atoms with Gasteiger partial charge >= 0.3 is 0 Å². The molecule has 29 heavy (non-hydrogen) atoms.